The Kier molecular flexibility index (Phi) is 9.77. The molecule has 1 fully saturated rings. The molecular weight excluding hydrogens is 502 g/mol. The van der Waals surface area contributed by atoms with Crippen LogP contribution in [0.15, 0.2) is 35.9 Å². The molecule has 1 saturated heterocycles. The van der Waals surface area contributed by atoms with E-state index in [-0.39, 0.29) is 12.2 Å². The summed E-state index contributed by atoms with van der Waals surface area (Å²) in [6, 6.07) is 4.39. The van der Waals surface area contributed by atoms with Gasteiger partial charge in [-0.05, 0) is 78.0 Å². The molecule has 2 aliphatic rings. The van der Waals surface area contributed by atoms with E-state index in [1.54, 1.807) is 59.1 Å². The van der Waals surface area contributed by atoms with E-state index in [2.05, 4.69) is 22.0 Å². The van der Waals surface area contributed by atoms with Crippen molar-refractivity contribution in [1.82, 2.24) is 16.0 Å². The molecule has 0 radical (unpaired) electrons. The summed E-state index contributed by atoms with van der Waals surface area (Å²) in [5.41, 5.74) is 0.277. The normalized spacial score (nSPS) is 20.6. The molecule has 0 spiro atoms. The molecule has 4 atom stereocenters. The molecule has 10 nitrogen and oxygen atoms in total. The summed E-state index contributed by atoms with van der Waals surface area (Å²) in [5.74, 6) is -0.580. The van der Waals surface area contributed by atoms with E-state index in [4.69, 9.17) is 14.2 Å². The van der Waals surface area contributed by atoms with Crippen LogP contribution in [-0.4, -0.2) is 66.7 Å². The molecule has 0 bridgehead atoms. The highest BCUT2D eigenvalue weighted by Crippen LogP contribution is 2.31. The van der Waals surface area contributed by atoms with Gasteiger partial charge in [0, 0.05) is 6.42 Å². The fraction of sp³-hybridized carbons (Fsp3) is 0.586. The summed E-state index contributed by atoms with van der Waals surface area (Å²) in [6.07, 6.45) is 4.81. The molecule has 214 valence electrons. The van der Waals surface area contributed by atoms with Crippen molar-refractivity contribution in [3.63, 3.8) is 0 Å². The number of carbonyl (C=O) groups is 4. The Morgan fingerprint density at radius 3 is 2.18 bits per heavy atom. The third kappa shape index (κ3) is 9.09. The molecule has 0 saturated carbocycles. The second kappa shape index (κ2) is 12.6. The Morgan fingerprint density at radius 2 is 1.64 bits per heavy atom. The summed E-state index contributed by atoms with van der Waals surface area (Å²) >= 11 is 0. The van der Waals surface area contributed by atoms with Crippen LogP contribution in [0, 0.1) is 0 Å². The van der Waals surface area contributed by atoms with E-state index in [9.17, 15) is 19.2 Å². The fourth-order valence-corrected chi connectivity index (χ4v) is 4.34. The molecule has 1 aliphatic heterocycles. The molecule has 3 rings (SSSR count). The maximum atomic E-state index is 13.6. The topological polar surface area (TPSA) is 135 Å². The fourth-order valence-electron chi connectivity index (χ4n) is 4.34. The minimum absolute atomic E-state index is 0.165. The zero-order valence-electron chi connectivity index (χ0n) is 23.7. The first-order valence-corrected chi connectivity index (χ1v) is 13.4. The van der Waals surface area contributed by atoms with Crippen LogP contribution in [0.25, 0.3) is 0 Å². The standard InChI is InChI=1S/C29H41N3O7/c1-18(30-27(36)39-28(2,3)4)25(34)32-23(16-20-11-13-21(37-6)14-12-20)26(35)31-22(15-19-9-7-8-10-19)24(33)29(5)17-38-29/h9,11-14,18,22-23H,7-8,10,15-17H2,1-6H3,(H,30,36)(H,31,35)(H,32,34)/t18-,22-,23-,29+/m0/s1. The predicted octanol–water partition coefficient (Wildman–Crippen LogP) is 2.98. The monoisotopic (exact) mass is 543 g/mol. The lowest BCUT2D eigenvalue weighted by Gasteiger charge is -2.26. The lowest BCUT2D eigenvalue weighted by molar-refractivity contribution is -0.133. The van der Waals surface area contributed by atoms with E-state index in [0.717, 1.165) is 30.4 Å². The van der Waals surface area contributed by atoms with Gasteiger partial charge in [-0.3, -0.25) is 14.4 Å². The van der Waals surface area contributed by atoms with Gasteiger partial charge in [-0.15, -0.1) is 0 Å². The van der Waals surface area contributed by atoms with Crippen molar-refractivity contribution in [1.29, 1.82) is 0 Å². The number of benzene rings is 1. The van der Waals surface area contributed by atoms with Crippen molar-refractivity contribution in [2.24, 2.45) is 0 Å². The third-order valence-corrected chi connectivity index (χ3v) is 6.69. The first-order chi connectivity index (χ1) is 18.3. The van der Waals surface area contributed by atoms with E-state index >= 15 is 0 Å². The maximum Gasteiger partial charge on any atom is 0.408 e. The molecular formula is C29H41N3O7. The van der Waals surface area contributed by atoms with Gasteiger partial charge in [0.05, 0.1) is 19.8 Å². The van der Waals surface area contributed by atoms with Crippen LogP contribution in [0.4, 0.5) is 4.79 Å². The zero-order valence-corrected chi connectivity index (χ0v) is 23.7. The number of hydrogen-bond donors (Lipinski definition) is 3. The van der Waals surface area contributed by atoms with Gasteiger partial charge in [-0.1, -0.05) is 23.8 Å². The Morgan fingerprint density at radius 1 is 1.00 bits per heavy atom. The summed E-state index contributed by atoms with van der Waals surface area (Å²) in [5, 5.41) is 8.13. The molecule has 10 heteroatoms. The number of ketones is 1. The molecule has 39 heavy (non-hydrogen) atoms. The van der Waals surface area contributed by atoms with Crippen molar-refractivity contribution in [3.8, 4) is 5.75 Å². The van der Waals surface area contributed by atoms with E-state index < -0.39 is 47.2 Å². The highest BCUT2D eigenvalue weighted by atomic mass is 16.6. The van der Waals surface area contributed by atoms with Gasteiger partial charge in [0.25, 0.3) is 0 Å². The summed E-state index contributed by atoms with van der Waals surface area (Å²) < 4.78 is 15.8. The van der Waals surface area contributed by atoms with Gasteiger partial charge in [-0.25, -0.2) is 4.79 Å². The summed E-state index contributed by atoms with van der Waals surface area (Å²) in [7, 11) is 1.56. The maximum absolute atomic E-state index is 13.6. The van der Waals surface area contributed by atoms with Crippen LogP contribution in [0.3, 0.4) is 0 Å². The summed E-state index contributed by atoms with van der Waals surface area (Å²) in [6.45, 7) is 8.71. The number of Topliss-reactive ketones (excluding diaryl/α,β-unsaturated/α-hetero) is 1. The highest BCUT2D eigenvalue weighted by Gasteiger charge is 2.50. The lowest BCUT2D eigenvalue weighted by atomic mass is 9.94. The Labute approximate surface area is 230 Å². The molecule has 3 amide bonds. The smallest absolute Gasteiger partial charge is 0.408 e. The van der Waals surface area contributed by atoms with Crippen LogP contribution >= 0.6 is 0 Å². The number of carbonyl (C=O) groups excluding carboxylic acids is 4. The van der Waals surface area contributed by atoms with Gasteiger partial charge >= 0.3 is 6.09 Å². The molecule has 1 heterocycles. The van der Waals surface area contributed by atoms with Crippen molar-refractivity contribution < 1.29 is 33.4 Å². The minimum Gasteiger partial charge on any atom is -0.497 e. The second-order valence-corrected chi connectivity index (χ2v) is 11.4. The number of nitrogens with one attached hydrogen (secondary N) is 3. The van der Waals surface area contributed by atoms with Crippen LogP contribution in [-0.2, 0) is 30.3 Å². The number of ether oxygens (including phenoxy) is 3. The molecule has 0 unspecified atom stereocenters. The Bertz CT molecular complexity index is 1090. The molecule has 1 aliphatic carbocycles. The minimum atomic E-state index is -1.01. The third-order valence-electron chi connectivity index (χ3n) is 6.69. The SMILES string of the molecule is COc1ccc(C[C@H](NC(=O)[C@H](C)NC(=O)OC(C)(C)C)C(=O)N[C@@H](CC2=CCCC2)C(=O)[C@@]2(C)CO2)cc1. The van der Waals surface area contributed by atoms with Crippen molar-refractivity contribution in [2.75, 3.05) is 13.7 Å². The molecule has 1 aromatic carbocycles. The molecule has 0 aromatic heterocycles. The van der Waals surface area contributed by atoms with Crippen LogP contribution in [0.2, 0.25) is 0 Å². The first kappa shape index (κ1) is 30.1. The van der Waals surface area contributed by atoms with Crippen LogP contribution < -0.4 is 20.7 Å². The average molecular weight is 544 g/mol. The quantitative estimate of drug-likeness (QED) is 0.272. The number of methoxy groups -OCH3 is 1. The second-order valence-electron chi connectivity index (χ2n) is 11.4. The van der Waals surface area contributed by atoms with Crippen LogP contribution in [0.5, 0.6) is 5.75 Å². The van der Waals surface area contributed by atoms with Gasteiger partial charge in [0.1, 0.15) is 29.0 Å². The number of allylic oxidation sites excluding steroid dienone is 1. The van der Waals surface area contributed by atoms with Gasteiger partial charge in [0.15, 0.2) is 5.78 Å². The van der Waals surface area contributed by atoms with E-state index in [0.29, 0.717) is 18.8 Å². The van der Waals surface area contributed by atoms with Gasteiger partial charge < -0.3 is 30.2 Å². The first-order valence-electron chi connectivity index (χ1n) is 13.4. The van der Waals surface area contributed by atoms with Gasteiger partial charge in [-0.2, -0.15) is 0 Å². The number of amides is 3. The number of epoxide rings is 1. The van der Waals surface area contributed by atoms with Crippen molar-refractivity contribution in [2.45, 2.75) is 96.1 Å². The van der Waals surface area contributed by atoms with Crippen LogP contribution in [0.1, 0.15) is 65.9 Å². The Balaban J connectivity index is 1.76. The number of alkyl carbamates (subject to hydrolysis) is 1. The van der Waals surface area contributed by atoms with E-state index in [1.165, 1.54) is 6.92 Å². The molecule has 3 N–H and O–H groups in total. The lowest BCUT2D eigenvalue weighted by Crippen LogP contribution is -2.57. The van der Waals surface area contributed by atoms with Gasteiger partial charge in [0.2, 0.25) is 11.8 Å². The zero-order chi connectivity index (χ0) is 28.8. The van der Waals surface area contributed by atoms with E-state index in [1.807, 2.05) is 0 Å². The predicted molar refractivity (Wildman–Crippen MR) is 145 cm³/mol. The highest BCUT2D eigenvalue weighted by molar-refractivity contribution is 5.98. The molecule has 1 aromatic rings. The summed E-state index contributed by atoms with van der Waals surface area (Å²) in [4.78, 5) is 52.0. The largest absolute Gasteiger partial charge is 0.497 e. The van der Waals surface area contributed by atoms with Crippen molar-refractivity contribution in [3.05, 3.63) is 41.5 Å². The Hall–Kier alpha value is -3.40. The van der Waals surface area contributed by atoms with Crippen molar-refractivity contribution >= 4 is 23.7 Å². The number of rotatable bonds is 12. The number of hydrogen-bond acceptors (Lipinski definition) is 7. The average Bonchev–Trinajstić information content (AvgIpc) is 3.40.